The summed E-state index contributed by atoms with van der Waals surface area (Å²) >= 11 is 0. The third kappa shape index (κ3) is 4.35. The van der Waals surface area contributed by atoms with Crippen LogP contribution in [0.4, 0.5) is 0 Å². The van der Waals surface area contributed by atoms with Crippen molar-refractivity contribution in [3.05, 3.63) is 78.9 Å². The Morgan fingerprint density at radius 1 is 0.897 bits per heavy atom. The molecule has 1 aliphatic rings. The number of carbonyl (C=O) groups is 1. The molecule has 1 N–H and O–H groups in total. The summed E-state index contributed by atoms with van der Waals surface area (Å²) in [4.78, 5) is 12.5. The molecule has 29 heavy (non-hydrogen) atoms. The van der Waals surface area contributed by atoms with Gasteiger partial charge in [0.05, 0.1) is 6.54 Å². The van der Waals surface area contributed by atoms with E-state index in [4.69, 9.17) is 14.2 Å². The van der Waals surface area contributed by atoms with Gasteiger partial charge in [0.2, 0.25) is 6.10 Å². The van der Waals surface area contributed by atoms with Gasteiger partial charge in [-0.1, -0.05) is 60.7 Å². The fourth-order valence-electron chi connectivity index (χ4n) is 3.29. The standard InChI is InChI=1S/C24H23NO4/c1-17-23(29-22-14-8-7-13-21(22)28-17)24(26)25-15-16-27-20-12-6-5-11-19(20)18-9-3-2-4-10-18/h2-14,17,23H,15-16H2,1H3,(H,25,26). The molecule has 1 heterocycles. The number of benzene rings is 3. The molecule has 0 saturated heterocycles. The lowest BCUT2D eigenvalue weighted by molar-refractivity contribution is -0.133. The van der Waals surface area contributed by atoms with Crippen LogP contribution in [0.25, 0.3) is 11.1 Å². The van der Waals surface area contributed by atoms with Crippen LogP contribution in [0.3, 0.4) is 0 Å². The number of hydrogen-bond acceptors (Lipinski definition) is 4. The second-order valence-corrected chi connectivity index (χ2v) is 6.81. The van der Waals surface area contributed by atoms with E-state index in [1.807, 2.05) is 79.7 Å². The molecular weight excluding hydrogens is 366 g/mol. The molecule has 0 fully saturated rings. The highest BCUT2D eigenvalue weighted by Crippen LogP contribution is 2.33. The van der Waals surface area contributed by atoms with E-state index in [1.165, 1.54) is 0 Å². The van der Waals surface area contributed by atoms with Gasteiger partial charge in [-0.2, -0.15) is 0 Å². The zero-order valence-corrected chi connectivity index (χ0v) is 16.2. The topological polar surface area (TPSA) is 56.8 Å². The Kier molecular flexibility index (Phi) is 5.66. The first-order valence-corrected chi connectivity index (χ1v) is 9.69. The molecule has 0 spiro atoms. The van der Waals surface area contributed by atoms with Gasteiger partial charge < -0.3 is 19.5 Å². The number of ether oxygens (including phenoxy) is 3. The third-order valence-corrected chi connectivity index (χ3v) is 4.73. The minimum absolute atomic E-state index is 0.216. The van der Waals surface area contributed by atoms with Crippen LogP contribution >= 0.6 is 0 Å². The van der Waals surface area contributed by atoms with Gasteiger partial charge >= 0.3 is 0 Å². The van der Waals surface area contributed by atoms with Crippen LogP contribution in [0.1, 0.15) is 6.92 Å². The lowest BCUT2D eigenvalue weighted by Crippen LogP contribution is -2.49. The van der Waals surface area contributed by atoms with Gasteiger partial charge in [-0.25, -0.2) is 0 Å². The molecule has 5 heteroatoms. The maximum Gasteiger partial charge on any atom is 0.265 e. The Labute approximate surface area is 170 Å². The van der Waals surface area contributed by atoms with Crippen molar-refractivity contribution in [3.63, 3.8) is 0 Å². The van der Waals surface area contributed by atoms with E-state index in [0.29, 0.717) is 24.7 Å². The number of hydrogen-bond donors (Lipinski definition) is 1. The molecule has 4 rings (SSSR count). The minimum atomic E-state index is -0.693. The average Bonchev–Trinajstić information content (AvgIpc) is 2.77. The van der Waals surface area contributed by atoms with Crippen LogP contribution in [0, 0.1) is 0 Å². The first-order chi connectivity index (χ1) is 14.2. The minimum Gasteiger partial charge on any atom is -0.491 e. The SMILES string of the molecule is CC1Oc2ccccc2OC1C(=O)NCCOc1ccccc1-c1ccccc1. The Bertz CT molecular complexity index is 973. The van der Waals surface area contributed by atoms with E-state index in [9.17, 15) is 4.79 Å². The molecule has 1 amide bonds. The molecule has 0 aromatic heterocycles. The number of rotatable bonds is 6. The molecule has 2 unspecified atom stereocenters. The van der Waals surface area contributed by atoms with Crippen molar-refractivity contribution in [2.45, 2.75) is 19.1 Å². The average molecular weight is 389 g/mol. The maximum atomic E-state index is 12.5. The zero-order chi connectivity index (χ0) is 20.1. The monoisotopic (exact) mass is 389 g/mol. The van der Waals surface area contributed by atoms with Gasteiger partial charge in [0.25, 0.3) is 5.91 Å². The number of carbonyl (C=O) groups excluding carboxylic acids is 1. The van der Waals surface area contributed by atoms with Crippen molar-refractivity contribution in [1.29, 1.82) is 0 Å². The summed E-state index contributed by atoms with van der Waals surface area (Å²) in [5.74, 6) is 1.81. The summed E-state index contributed by atoms with van der Waals surface area (Å²) in [6, 6.07) is 25.3. The first-order valence-electron chi connectivity index (χ1n) is 9.69. The van der Waals surface area contributed by atoms with Gasteiger partial charge in [0, 0.05) is 5.56 Å². The van der Waals surface area contributed by atoms with E-state index in [2.05, 4.69) is 5.32 Å². The predicted molar refractivity (Wildman–Crippen MR) is 111 cm³/mol. The van der Waals surface area contributed by atoms with E-state index in [0.717, 1.165) is 16.9 Å². The highest BCUT2D eigenvalue weighted by molar-refractivity contribution is 5.82. The highest BCUT2D eigenvalue weighted by atomic mass is 16.6. The lowest BCUT2D eigenvalue weighted by atomic mass is 10.1. The van der Waals surface area contributed by atoms with Crippen molar-refractivity contribution in [1.82, 2.24) is 5.32 Å². The van der Waals surface area contributed by atoms with Gasteiger partial charge in [0.15, 0.2) is 11.5 Å². The van der Waals surface area contributed by atoms with Crippen LogP contribution in [-0.2, 0) is 4.79 Å². The Morgan fingerprint density at radius 3 is 2.34 bits per heavy atom. The molecule has 5 nitrogen and oxygen atoms in total. The molecule has 3 aromatic carbocycles. The smallest absolute Gasteiger partial charge is 0.265 e. The Hall–Kier alpha value is -3.47. The summed E-state index contributed by atoms with van der Waals surface area (Å²) in [5, 5.41) is 2.87. The molecule has 0 radical (unpaired) electrons. The van der Waals surface area contributed by atoms with Crippen LogP contribution in [-0.4, -0.2) is 31.3 Å². The van der Waals surface area contributed by atoms with E-state index < -0.39 is 6.10 Å². The fraction of sp³-hybridized carbons (Fsp3) is 0.208. The van der Waals surface area contributed by atoms with Gasteiger partial charge in [-0.3, -0.25) is 4.79 Å². The molecule has 0 saturated carbocycles. The summed E-state index contributed by atoms with van der Waals surface area (Å²) < 4.78 is 17.5. The second-order valence-electron chi connectivity index (χ2n) is 6.81. The maximum absolute atomic E-state index is 12.5. The molecule has 148 valence electrons. The van der Waals surface area contributed by atoms with E-state index in [-0.39, 0.29) is 12.0 Å². The molecule has 0 bridgehead atoms. The zero-order valence-electron chi connectivity index (χ0n) is 16.2. The van der Waals surface area contributed by atoms with Gasteiger partial charge in [-0.15, -0.1) is 0 Å². The fourth-order valence-corrected chi connectivity index (χ4v) is 3.29. The predicted octanol–water partition coefficient (Wildman–Crippen LogP) is 4.08. The lowest BCUT2D eigenvalue weighted by Gasteiger charge is -2.31. The Balaban J connectivity index is 1.32. The second kappa shape index (κ2) is 8.69. The van der Waals surface area contributed by atoms with Crippen LogP contribution in [0.2, 0.25) is 0 Å². The summed E-state index contributed by atoms with van der Waals surface area (Å²) in [6.07, 6.45) is -1.06. The first kappa shape index (κ1) is 18.9. The van der Waals surface area contributed by atoms with E-state index >= 15 is 0 Å². The summed E-state index contributed by atoms with van der Waals surface area (Å²) in [7, 11) is 0. The van der Waals surface area contributed by atoms with Crippen molar-refractivity contribution >= 4 is 5.91 Å². The molecule has 1 aliphatic heterocycles. The van der Waals surface area contributed by atoms with Gasteiger partial charge in [-0.05, 0) is 30.7 Å². The normalized spacial score (nSPS) is 17.4. The van der Waals surface area contributed by atoms with E-state index in [1.54, 1.807) is 6.07 Å². The highest BCUT2D eigenvalue weighted by Gasteiger charge is 2.33. The van der Waals surface area contributed by atoms with Crippen molar-refractivity contribution in [3.8, 4) is 28.4 Å². The number of amides is 1. The van der Waals surface area contributed by atoms with Crippen LogP contribution < -0.4 is 19.5 Å². The number of fused-ring (bicyclic) bond motifs is 1. The van der Waals surface area contributed by atoms with Crippen molar-refractivity contribution < 1.29 is 19.0 Å². The summed E-state index contributed by atoms with van der Waals surface area (Å²) in [6.45, 7) is 2.55. The van der Waals surface area contributed by atoms with Crippen molar-refractivity contribution in [2.75, 3.05) is 13.2 Å². The van der Waals surface area contributed by atoms with Crippen molar-refractivity contribution in [2.24, 2.45) is 0 Å². The van der Waals surface area contributed by atoms with Crippen LogP contribution in [0.5, 0.6) is 17.2 Å². The molecule has 3 aromatic rings. The number of nitrogens with one attached hydrogen (secondary N) is 1. The molecular formula is C24H23NO4. The summed E-state index contributed by atoms with van der Waals surface area (Å²) in [5.41, 5.74) is 2.11. The quantitative estimate of drug-likeness (QED) is 0.646. The third-order valence-electron chi connectivity index (χ3n) is 4.73. The molecule has 0 aliphatic carbocycles. The van der Waals surface area contributed by atoms with Crippen LogP contribution in [0.15, 0.2) is 78.9 Å². The Morgan fingerprint density at radius 2 is 1.55 bits per heavy atom. The van der Waals surface area contributed by atoms with Gasteiger partial charge in [0.1, 0.15) is 18.5 Å². The number of para-hydroxylation sites is 3. The molecule has 2 atom stereocenters. The largest absolute Gasteiger partial charge is 0.491 e.